The summed E-state index contributed by atoms with van der Waals surface area (Å²) in [6.45, 7) is 2.68. The fraction of sp³-hybridized carbons (Fsp3) is 0.250. The Bertz CT molecular complexity index is 566. The summed E-state index contributed by atoms with van der Waals surface area (Å²) in [7, 11) is 0. The number of ether oxygens (including phenoxy) is 1. The maximum atomic E-state index is 5.71. The van der Waals surface area contributed by atoms with Gasteiger partial charge < -0.3 is 4.74 Å². The molecule has 0 radical (unpaired) electrons. The van der Waals surface area contributed by atoms with Gasteiger partial charge in [-0.1, -0.05) is 59.9 Å². The fourth-order valence-electron chi connectivity index (χ4n) is 1.99. The van der Waals surface area contributed by atoms with Crippen LogP contribution in [-0.4, -0.2) is 6.61 Å². The first-order valence-corrected chi connectivity index (χ1v) is 8.91. The zero-order valence-corrected chi connectivity index (χ0v) is 15.8. The van der Waals surface area contributed by atoms with Gasteiger partial charge >= 0.3 is 0 Å². The van der Waals surface area contributed by atoms with Crippen LogP contribution in [0.2, 0.25) is 0 Å². The zero-order chi connectivity index (χ0) is 14.5. The highest BCUT2D eigenvalue weighted by molar-refractivity contribution is 9.10. The molecule has 1 atom stereocenters. The van der Waals surface area contributed by atoms with E-state index in [4.69, 9.17) is 4.74 Å². The lowest BCUT2D eigenvalue weighted by molar-refractivity contribution is 0.336. The van der Waals surface area contributed by atoms with E-state index in [0.717, 1.165) is 21.1 Å². The molecule has 0 aromatic heterocycles. The summed E-state index contributed by atoms with van der Waals surface area (Å²) in [5.74, 6) is 0.940. The number of rotatable bonds is 5. The maximum absolute atomic E-state index is 5.71. The summed E-state index contributed by atoms with van der Waals surface area (Å²) in [5, 5.41) is 0. The predicted octanol–water partition coefficient (Wildman–Crippen LogP) is 6.29. The second-order valence-electron chi connectivity index (χ2n) is 4.41. The van der Waals surface area contributed by atoms with Crippen molar-refractivity contribution in [3.63, 3.8) is 0 Å². The molecule has 4 heteroatoms. The summed E-state index contributed by atoms with van der Waals surface area (Å²) in [6, 6.07) is 14.5. The van der Waals surface area contributed by atoms with Gasteiger partial charge in [-0.05, 0) is 49.2 Å². The summed E-state index contributed by atoms with van der Waals surface area (Å²) >= 11 is 10.8. The van der Waals surface area contributed by atoms with Crippen LogP contribution in [-0.2, 0) is 6.42 Å². The summed E-state index contributed by atoms with van der Waals surface area (Å²) < 4.78 is 7.88. The minimum absolute atomic E-state index is 0.225. The average Bonchev–Trinajstić information content (AvgIpc) is 2.43. The van der Waals surface area contributed by atoms with Crippen molar-refractivity contribution in [3.8, 4) is 5.75 Å². The lowest BCUT2D eigenvalue weighted by Gasteiger charge is -2.16. The molecule has 0 amide bonds. The lowest BCUT2D eigenvalue weighted by Crippen LogP contribution is -2.01. The van der Waals surface area contributed by atoms with Gasteiger partial charge in [-0.25, -0.2) is 0 Å². The molecule has 20 heavy (non-hydrogen) atoms. The van der Waals surface area contributed by atoms with Crippen molar-refractivity contribution in [1.82, 2.24) is 0 Å². The second kappa shape index (κ2) is 7.62. The van der Waals surface area contributed by atoms with E-state index >= 15 is 0 Å². The Kier molecular flexibility index (Phi) is 6.12. The molecular formula is C16H15Br3O. The molecular weight excluding hydrogens is 448 g/mol. The fourth-order valence-corrected chi connectivity index (χ4v) is 3.36. The van der Waals surface area contributed by atoms with Crippen molar-refractivity contribution in [2.45, 2.75) is 18.2 Å². The first-order chi connectivity index (χ1) is 9.60. The molecule has 0 saturated carbocycles. The zero-order valence-electron chi connectivity index (χ0n) is 11.1. The number of benzene rings is 2. The van der Waals surface area contributed by atoms with E-state index in [1.807, 2.05) is 19.1 Å². The minimum atomic E-state index is 0.225. The lowest BCUT2D eigenvalue weighted by atomic mass is 10.0. The molecule has 1 nitrogen and oxygen atoms in total. The summed E-state index contributed by atoms with van der Waals surface area (Å²) in [6.07, 6.45) is 0.920. The van der Waals surface area contributed by atoms with Gasteiger partial charge in [0.25, 0.3) is 0 Å². The predicted molar refractivity (Wildman–Crippen MR) is 94.8 cm³/mol. The highest BCUT2D eigenvalue weighted by Gasteiger charge is 2.14. The van der Waals surface area contributed by atoms with Crippen molar-refractivity contribution in [2.24, 2.45) is 0 Å². The van der Waals surface area contributed by atoms with E-state index in [9.17, 15) is 0 Å². The maximum Gasteiger partial charge on any atom is 0.123 e. The van der Waals surface area contributed by atoms with Gasteiger partial charge in [0.2, 0.25) is 0 Å². The molecule has 1 unspecified atom stereocenters. The normalized spacial score (nSPS) is 12.2. The number of hydrogen-bond donors (Lipinski definition) is 0. The number of halogens is 3. The number of alkyl halides is 1. The molecule has 106 valence electrons. The Morgan fingerprint density at radius 2 is 1.65 bits per heavy atom. The first kappa shape index (κ1) is 16.1. The van der Waals surface area contributed by atoms with Crippen molar-refractivity contribution in [2.75, 3.05) is 6.61 Å². The Morgan fingerprint density at radius 3 is 2.30 bits per heavy atom. The van der Waals surface area contributed by atoms with Gasteiger partial charge in [0.1, 0.15) is 5.75 Å². The van der Waals surface area contributed by atoms with Gasteiger partial charge in [-0.2, -0.15) is 0 Å². The highest BCUT2D eigenvalue weighted by atomic mass is 79.9. The Hall–Kier alpha value is -0.320. The van der Waals surface area contributed by atoms with Crippen LogP contribution in [0, 0.1) is 0 Å². The largest absolute Gasteiger partial charge is 0.494 e. The molecule has 2 aromatic rings. The van der Waals surface area contributed by atoms with Crippen molar-refractivity contribution in [1.29, 1.82) is 0 Å². The average molecular weight is 463 g/mol. The molecule has 0 spiro atoms. The first-order valence-electron chi connectivity index (χ1n) is 6.41. The van der Waals surface area contributed by atoms with Crippen LogP contribution in [0.1, 0.15) is 22.9 Å². The molecule has 0 heterocycles. The van der Waals surface area contributed by atoms with Crippen LogP contribution in [0.25, 0.3) is 0 Å². The monoisotopic (exact) mass is 460 g/mol. The van der Waals surface area contributed by atoms with E-state index in [1.54, 1.807) is 0 Å². The van der Waals surface area contributed by atoms with Gasteiger partial charge in [0.05, 0.1) is 6.61 Å². The third-order valence-electron chi connectivity index (χ3n) is 2.94. The van der Waals surface area contributed by atoms with E-state index in [1.165, 1.54) is 11.1 Å². The molecule has 0 N–H and O–H groups in total. The molecule has 0 bridgehead atoms. The molecule has 2 aromatic carbocycles. The van der Waals surface area contributed by atoms with E-state index < -0.39 is 0 Å². The Morgan fingerprint density at radius 1 is 1.00 bits per heavy atom. The number of hydrogen-bond acceptors (Lipinski definition) is 1. The van der Waals surface area contributed by atoms with Gasteiger partial charge in [-0.15, -0.1) is 0 Å². The molecule has 0 saturated heterocycles. The van der Waals surface area contributed by atoms with Gasteiger partial charge in [-0.3, -0.25) is 0 Å². The Balaban J connectivity index is 2.21. The van der Waals surface area contributed by atoms with Crippen LogP contribution in [0.15, 0.2) is 51.4 Å². The smallest absolute Gasteiger partial charge is 0.123 e. The van der Waals surface area contributed by atoms with E-state index in [2.05, 4.69) is 78.1 Å². The van der Waals surface area contributed by atoms with Crippen LogP contribution in [0.3, 0.4) is 0 Å². The Labute approximate surface area is 145 Å². The van der Waals surface area contributed by atoms with Crippen LogP contribution < -0.4 is 4.74 Å². The van der Waals surface area contributed by atoms with E-state index in [0.29, 0.717) is 6.61 Å². The van der Waals surface area contributed by atoms with Crippen molar-refractivity contribution >= 4 is 47.8 Å². The topological polar surface area (TPSA) is 9.23 Å². The third-order valence-corrected chi connectivity index (χ3v) is 4.78. The summed E-state index contributed by atoms with van der Waals surface area (Å²) in [5.41, 5.74) is 2.46. The summed E-state index contributed by atoms with van der Waals surface area (Å²) in [4.78, 5) is 0.225. The van der Waals surface area contributed by atoms with Crippen molar-refractivity contribution < 1.29 is 4.74 Å². The van der Waals surface area contributed by atoms with Crippen LogP contribution in [0.5, 0.6) is 5.75 Å². The van der Waals surface area contributed by atoms with Crippen LogP contribution in [0.4, 0.5) is 0 Å². The second-order valence-corrected chi connectivity index (χ2v) is 7.35. The molecule has 0 fully saturated rings. The van der Waals surface area contributed by atoms with Crippen LogP contribution >= 0.6 is 47.8 Å². The highest BCUT2D eigenvalue weighted by Crippen LogP contribution is 2.36. The molecule has 2 rings (SSSR count). The minimum Gasteiger partial charge on any atom is -0.494 e. The quantitative estimate of drug-likeness (QED) is 0.474. The van der Waals surface area contributed by atoms with Gasteiger partial charge in [0.15, 0.2) is 0 Å². The molecule has 0 aliphatic carbocycles. The van der Waals surface area contributed by atoms with Crippen molar-refractivity contribution in [3.05, 3.63) is 62.5 Å². The molecule has 0 aliphatic rings. The standard InChI is InChI=1S/C16H15Br3O/c1-2-20-16-8-7-13(18)10-14(16)15(19)9-11-3-5-12(17)6-4-11/h3-8,10,15H,2,9H2,1H3. The van der Waals surface area contributed by atoms with Gasteiger partial charge in [0, 0.05) is 19.3 Å². The third kappa shape index (κ3) is 4.34. The molecule has 0 aliphatic heterocycles. The SMILES string of the molecule is CCOc1ccc(Br)cc1C(Br)Cc1ccc(Br)cc1. The van der Waals surface area contributed by atoms with E-state index in [-0.39, 0.29) is 4.83 Å².